The van der Waals surface area contributed by atoms with Gasteiger partial charge in [-0.2, -0.15) is 0 Å². The first kappa shape index (κ1) is 16.2. The Balaban J connectivity index is 1.90. The molecule has 2 rings (SSSR count). The van der Waals surface area contributed by atoms with Gasteiger partial charge in [-0.15, -0.1) is 0 Å². The number of nitro benzene ring substituents is 1. The molecule has 1 amide bonds. The first-order valence-electron chi connectivity index (χ1n) is 7.38. The summed E-state index contributed by atoms with van der Waals surface area (Å²) in [6.07, 6.45) is 1.73. The molecule has 1 aromatic carbocycles. The quantitative estimate of drug-likeness (QED) is 0.635. The number of hydrogen-bond acceptors (Lipinski definition) is 5. The minimum atomic E-state index is -0.456. The molecule has 0 unspecified atom stereocenters. The number of carbonyl (C=O) groups excluding carboxylic acids is 1. The summed E-state index contributed by atoms with van der Waals surface area (Å²) in [5.41, 5.74) is 5.34. The topological polar surface area (TPSA) is 98.7 Å². The van der Waals surface area contributed by atoms with E-state index in [1.807, 2.05) is 0 Å². The van der Waals surface area contributed by atoms with Crippen molar-refractivity contribution >= 4 is 11.6 Å². The summed E-state index contributed by atoms with van der Waals surface area (Å²) in [5, 5.41) is 10.9. The Hall–Kier alpha value is -2.15. The number of amides is 1. The first-order valence-corrected chi connectivity index (χ1v) is 7.38. The van der Waals surface area contributed by atoms with E-state index in [2.05, 4.69) is 11.8 Å². The Morgan fingerprint density at radius 1 is 1.45 bits per heavy atom. The van der Waals surface area contributed by atoms with Crippen LogP contribution in [0.2, 0.25) is 0 Å². The third-order valence-electron chi connectivity index (χ3n) is 4.11. The second kappa shape index (κ2) is 7.22. The van der Waals surface area contributed by atoms with Crippen molar-refractivity contribution in [1.82, 2.24) is 4.90 Å². The molecule has 1 aliphatic rings. The second-order valence-electron chi connectivity index (χ2n) is 5.59. The Bertz CT molecular complexity index is 549. The standard InChI is InChI=1S/C15H21N3O4/c1-11-6-7-12(15(16)19)10-17(11)8-9-22-14-5-3-2-4-13(14)18(20)21/h2-5,11-12H,6-10H2,1H3,(H2,16,19)/t11-,12+/m1/s1. The van der Waals surface area contributed by atoms with Crippen molar-refractivity contribution in [2.75, 3.05) is 19.7 Å². The van der Waals surface area contributed by atoms with Crippen LogP contribution in [0.1, 0.15) is 19.8 Å². The molecule has 1 saturated heterocycles. The lowest BCUT2D eigenvalue weighted by Gasteiger charge is -2.36. The SMILES string of the molecule is C[C@@H]1CC[C@H](C(N)=O)CN1CCOc1ccccc1[N+](=O)[O-]. The van der Waals surface area contributed by atoms with Crippen molar-refractivity contribution in [1.29, 1.82) is 0 Å². The van der Waals surface area contributed by atoms with Crippen molar-refractivity contribution in [2.45, 2.75) is 25.8 Å². The fourth-order valence-corrected chi connectivity index (χ4v) is 2.73. The van der Waals surface area contributed by atoms with Gasteiger partial charge in [0.05, 0.1) is 10.8 Å². The van der Waals surface area contributed by atoms with Gasteiger partial charge in [0.2, 0.25) is 5.91 Å². The molecule has 0 bridgehead atoms. The highest BCUT2D eigenvalue weighted by Crippen LogP contribution is 2.26. The molecule has 2 atom stereocenters. The summed E-state index contributed by atoms with van der Waals surface area (Å²) in [6, 6.07) is 6.67. The van der Waals surface area contributed by atoms with E-state index in [1.165, 1.54) is 6.07 Å². The van der Waals surface area contributed by atoms with Crippen LogP contribution in [0.4, 0.5) is 5.69 Å². The van der Waals surface area contributed by atoms with E-state index in [0.29, 0.717) is 25.7 Å². The summed E-state index contributed by atoms with van der Waals surface area (Å²) >= 11 is 0. The molecule has 1 aromatic rings. The fourth-order valence-electron chi connectivity index (χ4n) is 2.73. The van der Waals surface area contributed by atoms with Crippen LogP contribution in [0.3, 0.4) is 0 Å². The molecule has 1 aliphatic heterocycles. The zero-order valence-electron chi connectivity index (χ0n) is 12.6. The predicted molar refractivity (Wildman–Crippen MR) is 81.5 cm³/mol. The monoisotopic (exact) mass is 307 g/mol. The first-order chi connectivity index (χ1) is 10.5. The number of ether oxygens (including phenoxy) is 1. The number of rotatable bonds is 6. The van der Waals surface area contributed by atoms with Crippen LogP contribution in [-0.4, -0.2) is 41.5 Å². The number of para-hydroxylation sites is 2. The lowest BCUT2D eigenvalue weighted by atomic mass is 9.93. The summed E-state index contributed by atoms with van der Waals surface area (Å²) in [7, 11) is 0. The van der Waals surface area contributed by atoms with Gasteiger partial charge in [-0.05, 0) is 25.8 Å². The van der Waals surface area contributed by atoms with Crippen LogP contribution in [0.15, 0.2) is 24.3 Å². The van der Waals surface area contributed by atoms with Crippen molar-refractivity contribution in [2.24, 2.45) is 11.7 Å². The molecule has 0 aromatic heterocycles. The molecule has 0 radical (unpaired) electrons. The number of piperidine rings is 1. The van der Waals surface area contributed by atoms with E-state index in [-0.39, 0.29) is 23.3 Å². The predicted octanol–water partition coefficient (Wildman–Crippen LogP) is 1.56. The Kier molecular flexibility index (Phi) is 5.32. The third-order valence-corrected chi connectivity index (χ3v) is 4.11. The molecule has 2 N–H and O–H groups in total. The molecule has 120 valence electrons. The summed E-state index contributed by atoms with van der Waals surface area (Å²) in [6.45, 7) is 3.66. The molecular weight excluding hydrogens is 286 g/mol. The van der Waals surface area contributed by atoms with Crippen LogP contribution in [0, 0.1) is 16.0 Å². The van der Waals surface area contributed by atoms with Gasteiger partial charge in [0, 0.05) is 25.2 Å². The Morgan fingerprint density at radius 3 is 2.86 bits per heavy atom. The highest BCUT2D eigenvalue weighted by Gasteiger charge is 2.28. The molecule has 1 heterocycles. The van der Waals surface area contributed by atoms with Gasteiger partial charge in [-0.1, -0.05) is 12.1 Å². The minimum Gasteiger partial charge on any atom is -0.485 e. The minimum absolute atomic E-state index is 0.0378. The molecule has 0 spiro atoms. The fraction of sp³-hybridized carbons (Fsp3) is 0.533. The molecule has 0 saturated carbocycles. The van der Waals surface area contributed by atoms with Crippen LogP contribution < -0.4 is 10.5 Å². The number of carbonyl (C=O) groups is 1. The maximum atomic E-state index is 11.3. The smallest absolute Gasteiger partial charge is 0.310 e. The maximum absolute atomic E-state index is 11.3. The summed E-state index contributed by atoms with van der Waals surface area (Å²) in [5.74, 6) is -0.123. The normalized spacial score (nSPS) is 22.2. The lowest BCUT2D eigenvalue weighted by Crippen LogP contribution is -2.47. The van der Waals surface area contributed by atoms with Crippen LogP contribution in [-0.2, 0) is 4.79 Å². The molecule has 7 heteroatoms. The largest absolute Gasteiger partial charge is 0.485 e. The molecule has 22 heavy (non-hydrogen) atoms. The maximum Gasteiger partial charge on any atom is 0.310 e. The summed E-state index contributed by atoms with van der Waals surface area (Å²) < 4.78 is 5.55. The third kappa shape index (κ3) is 3.94. The van der Waals surface area contributed by atoms with Crippen LogP contribution in [0.5, 0.6) is 5.75 Å². The molecular formula is C15H21N3O4. The average Bonchev–Trinajstić information content (AvgIpc) is 2.49. The Labute approximate surface area is 129 Å². The zero-order valence-corrected chi connectivity index (χ0v) is 12.6. The molecule has 7 nitrogen and oxygen atoms in total. The van der Waals surface area contributed by atoms with Crippen molar-refractivity contribution < 1.29 is 14.5 Å². The zero-order chi connectivity index (χ0) is 16.1. The van der Waals surface area contributed by atoms with E-state index in [4.69, 9.17) is 10.5 Å². The second-order valence-corrected chi connectivity index (χ2v) is 5.59. The van der Waals surface area contributed by atoms with E-state index < -0.39 is 4.92 Å². The number of nitrogens with zero attached hydrogens (tertiary/aromatic N) is 2. The number of likely N-dealkylation sites (tertiary alicyclic amines) is 1. The number of hydrogen-bond donors (Lipinski definition) is 1. The van der Waals surface area contributed by atoms with Crippen molar-refractivity contribution in [3.63, 3.8) is 0 Å². The number of primary amides is 1. The lowest BCUT2D eigenvalue weighted by molar-refractivity contribution is -0.385. The number of benzene rings is 1. The number of nitrogens with two attached hydrogens (primary N) is 1. The van der Waals surface area contributed by atoms with Crippen molar-refractivity contribution in [3.8, 4) is 5.75 Å². The highest BCUT2D eigenvalue weighted by atomic mass is 16.6. The van der Waals surface area contributed by atoms with Gasteiger partial charge in [0.15, 0.2) is 5.75 Å². The van der Waals surface area contributed by atoms with Gasteiger partial charge in [0.1, 0.15) is 6.61 Å². The van der Waals surface area contributed by atoms with Gasteiger partial charge in [0.25, 0.3) is 0 Å². The van der Waals surface area contributed by atoms with Gasteiger partial charge in [-0.3, -0.25) is 19.8 Å². The Morgan fingerprint density at radius 2 is 2.18 bits per heavy atom. The molecule has 0 aliphatic carbocycles. The average molecular weight is 307 g/mol. The number of nitro groups is 1. The van der Waals surface area contributed by atoms with Gasteiger partial charge in [-0.25, -0.2) is 0 Å². The molecule has 1 fully saturated rings. The van der Waals surface area contributed by atoms with E-state index in [1.54, 1.807) is 18.2 Å². The summed E-state index contributed by atoms with van der Waals surface area (Å²) in [4.78, 5) is 23.9. The van der Waals surface area contributed by atoms with Crippen LogP contribution >= 0.6 is 0 Å². The highest BCUT2D eigenvalue weighted by molar-refractivity contribution is 5.76. The van der Waals surface area contributed by atoms with E-state index in [9.17, 15) is 14.9 Å². The van der Waals surface area contributed by atoms with Gasteiger partial charge >= 0.3 is 5.69 Å². The van der Waals surface area contributed by atoms with Crippen molar-refractivity contribution in [3.05, 3.63) is 34.4 Å². The van der Waals surface area contributed by atoms with Crippen LogP contribution in [0.25, 0.3) is 0 Å². The van der Waals surface area contributed by atoms with E-state index >= 15 is 0 Å². The van der Waals surface area contributed by atoms with E-state index in [0.717, 1.165) is 12.8 Å². The van der Waals surface area contributed by atoms with Gasteiger partial charge < -0.3 is 10.5 Å².